The molecule has 1 atom stereocenters. The van der Waals surface area contributed by atoms with Gasteiger partial charge in [-0.1, -0.05) is 30.5 Å². The van der Waals surface area contributed by atoms with Crippen molar-refractivity contribution in [2.75, 3.05) is 0 Å². The summed E-state index contributed by atoms with van der Waals surface area (Å²) in [6.45, 7) is 0. The topological polar surface area (TPSA) is 15.8 Å². The van der Waals surface area contributed by atoms with E-state index in [-0.39, 0.29) is 46.5 Å². The maximum absolute atomic E-state index is 3.45. The monoisotopic (exact) mass is 375 g/mol. The van der Waals surface area contributed by atoms with Crippen LogP contribution >= 0.6 is 0 Å². The van der Waals surface area contributed by atoms with Gasteiger partial charge in [0, 0.05) is 0 Å². The summed E-state index contributed by atoms with van der Waals surface area (Å²) in [6.07, 6.45) is 8.99. The molecule has 0 saturated heterocycles. The minimum Gasteiger partial charge on any atom is -1.00 e. The third-order valence-electron chi connectivity index (χ3n) is 4.15. The Kier molecular flexibility index (Phi) is 7.63. The molecule has 2 aromatic carbocycles. The van der Waals surface area contributed by atoms with Gasteiger partial charge < -0.3 is 29.8 Å². The van der Waals surface area contributed by atoms with Gasteiger partial charge >= 0.3 is 21.7 Å². The maximum Gasteiger partial charge on any atom is 4.00 e. The molecule has 0 bridgehead atoms. The van der Waals surface area contributed by atoms with E-state index in [1.807, 2.05) is 24.3 Å². The number of para-hydroxylation sites is 1. The number of aromatic nitrogens is 1. The van der Waals surface area contributed by atoms with Crippen molar-refractivity contribution >= 4 is 10.9 Å². The molecule has 1 unspecified atom stereocenters. The normalized spacial score (nSPS) is 16.0. The molecule has 0 amide bonds. The van der Waals surface area contributed by atoms with Gasteiger partial charge in [-0.05, 0) is 6.42 Å². The fraction of sp³-hybridized carbons (Fsp3) is 0.158. The van der Waals surface area contributed by atoms with Crippen molar-refractivity contribution in [3.8, 4) is 0 Å². The van der Waals surface area contributed by atoms with Crippen molar-refractivity contribution in [3.05, 3.63) is 83.6 Å². The number of benzene rings is 2. The van der Waals surface area contributed by atoms with Gasteiger partial charge in [-0.15, -0.1) is 47.1 Å². The first kappa shape index (κ1) is 20.1. The van der Waals surface area contributed by atoms with Gasteiger partial charge in [-0.3, -0.25) is 0 Å². The van der Waals surface area contributed by atoms with Crippen LogP contribution in [0.4, 0.5) is 0 Å². The Hall–Kier alpha value is -0.986. The number of aromatic amines is 1. The molecule has 0 spiro atoms. The third-order valence-corrected chi connectivity index (χ3v) is 4.15. The van der Waals surface area contributed by atoms with E-state index in [4.69, 9.17) is 0 Å². The number of hydrogen-bond donors (Lipinski definition) is 1. The van der Waals surface area contributed by atoms with Crippen LogP contribution in [0.25, 0.3) is 10.9 Å². The molecule has 1 nitrogen and oxygen atoms in total. The van der Waals surface area contributed by atoms with Crippen molar-refractivity contribution in [2.24, 2.45) is 0 Å². The molecule has 23 heavy (non-hydrogen) atoms. The number of fused-ring (bicyclic) bond motifs is 4. The molecular weight excluding hydrogens is 361 g/mol. The fourth-order valence-electron chi connectivity index (χ4n) is 2.94. The minimum absolute atomic E-state index is 0. The Labute approximate surface area is 164 Å². The summed E-state index contributed by atoms with van der Waals surface area (Å²) >= 11 is 0. The summed E-state index contributed by atoms with van der Waals surface area (Å²) in [4.78, 5) is 2.99. The van der Waals surface area contributed by atoms with E-state index in [1.54, 1.807) is 0 Å². The average molecular weight is 376 g/mol. The number of H-pyrrole nitrogens is 1. The van der Waals surface area contributed by atoms with Crippen molar-refractivity contribution in [2.45, 2.75) is 18.8 Å². The van der Waals surface area contributed by atoms with E-state index in [9.17, 15) is 0 Å². The van der Waals surface area contributed by atoms with Crippen molar-refractivity contribution in [1.29, 1.82) is 0 Å². The van der Waals surface area contributed by atoms with Crippen LogP contribution in [0.5, 0.6) is 0 Å². The quantitative estimate of drug-likeness (QED) is 0.368. The van der Waals surface area contributed by atoms with Crippen LogP contribution in [0.3, 0.4) is 0 Å². The molecule has 1 heterocycles. The van der Waals surface area contributed by atoms with Crippen LogP contribution in [0, 0.1) is 12.3 Å². The van der Waals surface area contributed by atoms with E-state index < -0.39 is 0 Å². The second kappa shape index (κ2) is 8.75. The van der Waals surface area contributed by atoms with Gasteiger partial charge in [0.15, 0.2) is 0 Å². The van der Waals surface area contributed by atoms with Gasteiger partial charge in [-0.25, -0.2) is 0 Å². The van der Waals surface area contributed by atoms with E-state index in [0.717, 1.165) is 11.4 Å². The van der Waals surface area contributed by atoms with Crippen LogP contribution in [0.1, 0.15) is 29.9 Å². The van der Waals surface area contributed by atoms with Crippen molar-refractivity contribution in [1.82, 2.24) is 4.98 Å². The van der Waals surface area contributed by atoms with E-state index >= 15 is 0 Å². The van der Waals surface area contributed by atoms with Gasteiger partial charge in [0.2, 0.25) is 0 Å². The summed E-state index contributed by atoms with van der Waals surface area (Å²) in [5.74, 6) is 0.756. The number of nitrogens with one attached hydrogen (secondary N) is 1. The Balaban J connectivity index is 0.000000207. The van der Waals surface area contributed by atoms with Crippen LogP contribution < -0.4 is 24.8 Å². The molecule has 0 radical (unpaired) electrons. The molecule has 2 aliphatic carbocycles. The van der Waals surface area contributed by atoms with Crippen LogP contribution in [0.2, 0.25) is 0 Å². The molecule has 5 rings (SSSR count). The SMILES string of the molecule is [C-]1=C2CCC2c2ccccc21.[Cl-].[Cl-].[Ti+4].[c-]1cc2ccccc2[nH]1. The second-order valence-corrected chi connectivity index (χ2v) is 5.33. The number of allylic oxidation sites excluding steroid dienone is 1. The van der Waals surface area contributed by atoms with Crippen LogP contribution in [-0.2, 0) is 21.7 Å². The number of halogens is 2. The predicted molar refractivity (Wildman–Crippen MR) is 81.4 cm³/mol. The third kappa shape index (κ3) is 3.92. The summed E-state index contributed by atoms with van der Waals surface area (Å²) in [7, 11) is 0. The van der Waals surface area contributed by atoms with Crippen LogP contribution in [0.15, 0.2) is 60.2 Å². The molecule has 0 aliphatic heterocycles. The molecule has 1 saturated carbocycles. The minimum atomic E-state index is 0. The maximum atomic E-state index is 3.45. The standard InChI is InChI=1S/C11H9.C8H6N.2ClH.Ti/c1-2-4-10-8(3-1)7-9-5-6-11(9)10;1-2-4-8-7(3-1)5-6-9-8;;;/h1-4,11H,5-6H2;1-5,9H;2*1H;/q2*-1;;;+4/p-2. The zero-order valence-corrected chi connectivity index (χ0v) is 15.5. The fourth-order valence-corrected chi connectivity index (χ4v) is 2.94. The smallest absolute Gasteiger partial charge is 1.00 e. The van der Waals surface area contributed by atoms with Gasteiger partial charge in [-0.2, -0.15) is 29.2 Å². The number of hydrogen-bond acceptors (Lipinski definition) is 0. The first-order valence-electron chi connectivity index (χ1n) is 7.07. The van der Waals surface area contributed by atoms with Crippen LogP contribution in [-0.4, -0.2) is 4.98 Å². The molecule has 1 aromatic heterocycles. The summed E-state index contributed by atoms with van der Waals surface area (Å²) in [6, 6.07) is 18.7. The molecule has 1 fully saturated rings. The Morgan fingerprint density at radius 2 is 1.70 bits per heavy atom. The summed E-state index contributed by atoms with van der Waals surface area (Å²) in [5.41, 5.74) is 5.53. The van der Waals surface area contributed by atoms with Crippen molar-refractivity contribution < 1.29 is 46.5 Å². The Morgan fingerprint density at radius 3 is 2.43 bits per heavy atom. The van der Waals surface area contributed by atoms with E-state index in [1.165, 1.54) is 34.9 Å². The number of rotatable bonds is 0. The van der Waals surface area contributed by atoms with Gasteiger partial charge in [0.05, 0.1) is 0 Å². The first-order chi connectivity index (χ1) is 9.92. The zero-order valence-electron chi connectivity index (χ0n) is 12.4. The molecule has 1 N–H and O–H groups in total. The zero-order chi connectivity index (χ0) is 13.4. The predicted octanol–water partition coefficient (Wildman–Crippen LogP) is -1.37. The molecule has 114 valence electrons. The Morgan fingerprint density at radius 1 is 0.957 bits per heavy atom. The van der Waals surface area contributed by atoms with E-state index in [0.29, 0.717) is 0 Å². The largest absolute Gasteiger partial charge is 4.00 e. The molecular formula is C19H15Cl2NTi. The average Bonchev–Trinajstić information content (AvgIpc) is 3.02. The van der Waals surface area contributed by atoms with E-state index in [2.05, 4.69) is 47.6 Å². The van der Waals surface area contributed by atoms with Crippen molar-refractivity contribution in [3.63, 3.8) is 0 Å². The molecule has 3 aromatic rings. The summed E-state index contributed by atoms with van der Waals surface area (Å²) < 4.78 is 0. The molecule has 4 heteroatoms. The van der Waals surface area contributed by atoms with Gasteiger partial charge in [0.25, 0.3) is 0 Å². The first-order valence-corrected chi connectivity index (χ1v) is 7.07. The molecule has 2 aliphatic rings. The van der Waals surface area contributed by atoms with Gasteiger partial charge in [0.1, 0.15) is 0 Å². The second-order valence-electron chi connectivity index (χ2n) is 5.33. The Bertz CT molecular complexity index is 764. The summed E-state index contributed by atoms with van der Waals surface area (Å²) in [5, 5.41) is 1.22.